The van der Waals surface area contributed by atoms with Gasteiger partial charge in [-0.3, -0.25) is 14.5 Å². The molecular weight excluding hydrogens is 430 g/mol. The molecule has 0 saturated heterocycles. The fourth-order valence-corrected chi connectivity index (χ4v) is 4.31. The van der Waals surface area contributed by atoms with Crippen molar-refractivity contribution in [2.45, 2.75) is 37.6 Å². The van der Waals surface area contributed by atoms with Gasteiger partial charge in [-0.25, -0.2) is 0 Å². The first-order valence-corrected chi connectivity index (χ1v) is 10.9. The molecule has 0 bridgehead atoms. The highest BCUT2D eigenvalue weighted by atomic mass is 79.9. The Morgan fingerprint density at radius 3 is 2.31 bits per heavy atom. The molecule has 0 spiro atoms. The van der Waals surface area contributed by atoms with Crippen LogP contribution in [0.15, 0.2) is 59.1 Å². The standard InChI is InChI=1S/C23H28BrN3O2/c1-27(19-13-11-18(12-14-19)17-7-3-2-4-8-17)16-23(29)25-15-22(28)26-21-10-6-5-9-20(21)24/h2-10,18-19H,11-16H2,1H3,(H,25,29)(H,26,28). The Morgan fingerprint density at radius 2 is 1.62 bits per heavy atom. The second-order valence-electron chi connectivity index (χ2n) is 7.64. The predicted octanol–water partition coefficient (Wildman–Crippen LogP) is 4.16. The summed E-state index contributed by atoms with van der Waals surface area (Å²) in [5, 5.41) is 5.51. The van der Waals surface area contributed by atoms with Gasteiger partial charge in [0.15, 0.2) is 0 Å². The molecule has 2 N–H and O–H groups in total. The number of hydrogen-bond donors (Lipinski definition) is 2. The number of carbonyl (C=O) groups is 2. The minimum Gasteiger partial charge on any atom is -0.346 e. The van der Waals surface area contributed by atoms with E-state index in [1.165, 1.54) is 5.56 Å². The molecule has 1 aliphatic rings. The van der Waals surface area contributed by atoms with Crippen LogP contribution in [0.3, 0.4) is 0 Å². The fraction of sp³-hybridized carbons (Fsp3) is 0.391. The number of nitrogens with one attached hydrogen (secondary N) is 2. The zero-order chi connectivity index (χ0) is 20.6. The number of rotatable bonds is 7. The van der Waals surface area contributed by atoms with Crippen molar-refractivity contribution in [3.63, 3.8) is 0 Å². The Balaban J connectivity index is 1.38. The molecule has 2 aromatic rings. The van der Waals surface area contributed by atoms with Crippen LogP contribution in [0.1, 0.15) is 37.2 Å². The molecule has 2 amide bonds. The smallest absolute Gasteiger partial charge is 0.243 e. The number of benzene rings is 2. The highest BCUT2D eigenvalue weighted by Gasteiger charge is 2.25. The molecule has 2 aromatic carbocycles. The van der Waals surface area contributed by atoms with Crippen LogP contribution in [-0.2, 0) is 9.59 Å². The third-order valence-corrected chi connectivity index (χ3v) is 6.27. The van der Waals surface area contributed by atoms with Crippen LogP contribution in [0.4, 0.5) is 5.69 Å². The van der Waals surface area contributed by atoms with Crippen molar-refractivity contribution in [2.24, 2.45) is 0 Å². The van der Waals surface area contributed by atoms with E-state index in [0.29, 0.717) is 24.2 Å². The molecule has 3 rings (SSSR count). The van der Waals surface area contributed by atoms with Crippen LogP contribution in [0.2, 0.25) is 0 Å². The molecule has 6 heteroatoms. The van der Waals surface area contributed by atoms with Gasteiger partial charge in [-0.05, 0) is 72.3 Å². The number of amides is 2. The van der Waals surface area contributed by atoms with Crippen LogP contribution in [-0.4, -0.2) is 42.9 Å². The summed E-state index contributed by atoms with van der Waals surface area (Å²) in [4.78, 5) is 26.4. The lowest BCUT2D eigenvalue weighted by atomic mass is 9.81. The Labute approximate surface area is 181 Å². The summed E-state index contributed by atoms with van der Waals surface area (Å²) in [5.41, 5.74) is 2.11. The third kappa shape index (κ3) is 6.41. The zero-order valence-electron chi connectivity index (χ0n) is 16.7. The van der Waals surface area contributed by atoms with E-state index in [2.05, 4.69) is 61.8 Å². The molecule has 0 atom stereocenters. The van der Waals surface area contributed by atoms with Crippen LogP contribution >= 0.6 is 15.9 Å². The van der Waals surface area contributed by atoms with Gasteiger partial charge in [-0.2, -0.15) is 0 Å². The number of halogens is 1. The molecule has 29 heavy (non-hydrogen) atoms. The first kappa shape index (κ1) is 21.5. The summed E-state index contributed by atoms with van der Waals surface area (Å²) < 4.78 is 0.811. The van der Waals surface area contributed by atoms with E-state index >= 15 is 0 Å². The van der Waals surface area contributed by atoms with Gasteiger partial charge in [0.1, 0.15) is 0 Å². The molecule has 0 unspecified atom stereocenters. The molecule has 1 aliphatic carbocycles. The summed E-state index contributed by atoms with van der Waals surface area (Å²) in [5.74, 6) is 0.256. The average Bonchev–Trinajstić information content (AvgIpc) is 2.74. The maximum Gasteiger partial charge on any atom is 0.243 e. The first-order valence-electron chi connectivity index (χ1n) is 10.1. The zero-order valence-corrected chi connectivity index (χ0v) is 18.3. The van der Waals surface area contributed by atoms with E-state index in [1.54, 1.807) is 0 Å². The Bertz CT molecular complexity index is 820. The monoisotopic (exact) mass is 457 g/mol. The molecule has 1 fully saturated rings. The Morgan fingerprint density at radius 1 is 0.966 bits per heavy atom. The molecule has 0 heterocycles. The van der Waals surface area contributed by atoms with E-state index in [-0.39, 0.29) is 18.4 Å². The van der Waals surface area contributed by atoms with Crippen LogP contribution in [0.5, 0.6) is 0 Å². The first-order chi connectivity index (χ1) is 14.0. The molecule has 1 saturated carbocycles. The van der Waals surface area contributed by atoms with Crippen LogP contribution in [0, 0.1) is 0 Å². The summed E-state index contributed by atoms with van der Waals surface area (Å²) in [7, 11) is 1.99. The summed E-state index contributed by atoms with van der Waals surface area (Å²) in [6, 6.07) is 18.5. The minimum absolute atomic E-state index is 0.0330. The molecular formula is C23H28BrN3O2. The van der Waals surface area contributed by atoms with E-state index in [1.807, 2.05) is 31.3 Å². The van der Waals surface area contributed by atoms with Gasteiger partial charge >= 0.3 is 0 Å². The number of carbonyl (C=O) groups excluding carboxylic acids is 2. The summed E-state index contributed by atoms with van der Waals surface area (Å²) >= 11 is 3.39. The second kappa shape index (κ2) is 10.6. The number of likely N-dealkylation sites (N-methyl/N-ethyl adjacent to an activating group) is 1. The SMILES string of the molecule is CN(CC(=O)NCC(=O)Nc1ccccc1Br)C1CCC(c2ccccc2)CC1. The van der Waals surface area contributed by atoms with Gasteiger partial charge in [-0.15, -0.1) is 0 Å². The average molecular weight is 458 g/mol. The van der Waals surface area contributed by atoms with Gasteiger partial charge in [0, 0.05) is 10.5 Å². The fourth-order valence-electron chi connectivity index (χ4n) is 3.92. The lowest BCUT2D eigenvalue weighted by Crippen LogP contribution is -2.43. The lowest BCUT2D eigenvalue weighted by Gasteiger charge is -2.34. The molecule has 0 radical (unpaired) electrons. The van der Waals surface area contributed by atoms with Crippen molar-refractivity contribution in [1.29, 1.82) is 0 Å². The van der Waals surface area contributed by atoms with Crippen molar-refractivity contribution in [2.75, 3.05) is 25.5 Å². The number of anilines is 1. The summed E-state index contributed by atoms with van der Waals surface area (Å²) in [6.07, 6.45) is 4.47. The van der Waals surface area contributed by atoms with Crippen LogP contribution < -0.4 is 10.6 Å². The summed E-state index contributed by atoms with van der Waals surface area (Å²) in [6.45, 7) is 0.276. The number of hydrogen-bond acceptors (Lipinski definition) is 3. The predicted molar refractivity (Wildman–Crippen MR) is 120 cm³/mol. The molecule has 154 valence electrons. The van der Waals surface area contributed by atoms with E-state index in [9.17, 15) is 9.59 Å². The maximum atomic E-state index is 12.3. The van der Waals surface area contributed by atoms with E-state index in [0.717, 1.165) is 30.2 Å². The maximum absolute atomic E-state index is 12.3. The van der Waals surface area contributed by atoms with Gasteiger partial charge in [0.25, 0.3) is 0 Å². The van der Waals surface area contributed by atoms with Gasteiger partial charge in [0.2, 0.25) is 11.8 Å². The molecule has 0 aliphatic heterocycles. The Kier molecular flexibility index (Phi) is 7.83. The van der Waals surface area contributed by atoms with Gasteiger partial charge in [0.05, 0.1) is 18.8 Å². The van der Waals surface area contributed by atoms with Crippen molar-refractivity contribution in [3.05, 3.63) is 64.6 Å². The van der Waals surface area contributed by atoms with Crippen LogP contribution in [0.25, 0.3) is 0 Å². The van der Waals surface area contributed by atoms with Crippen molar-refractivity contribution >= 4 is 33.4 Å². The molecule has 5 nitrogen and oxygen atoms in total. The molecule has 0 aromatic heterocycles. The van der Waals surface area contributed by atoms with Crippen molar-refractivity contribution in [3.8, 4) is 0 Å². The number of nitrogens with zero attached hydrogens (tertiary/aromatic N) is 1. The topological polar surface area (TPSA) is 61.4 Å². The van der Waals surface area contributed by atoms with Crippen molar-refractivity contribution in [1.82, 2.24) is 10.2 Å². The minimum atomic E-state index is -0.240. The van der Waals surface area contributed by atoms with Crippen molar-refractivity contribution < 1.29 is 9.59 Å². The highest BCUT2D eigenvalue weighted by molar-refractivity contribution is 9.10. The normalized spacial score (nSPS) is 19.0. The number of para-hydroxylation sites is 1. The lowest BCUT2D eigenvalue weighted by molar-refractivity contribution is -0.125. The third-order valence-electron chi connectivity index (χ3n) is 5.58. The second-order valence-corrected chi connectivity index (χ2v) is 8.49. The van der Waals surface area contributed by atoms with Gasteiger partial charge in [-0.1, -0.05) is 42.5 Å². The van der Waals surface area contributed by atoms with Gasteiger partial charge < -0.3 is 10.6 Å². The van der Waals surface area contributed by atoms with E-state index < -0.39 is 0 Å². The quantitative estimate of drug-likeness (QED) is 0.655. The Hall–Kier alpha value is -2.18. The largest absolute Gasteiger partial charge is 0.346 e. The highest BCUT2D eigenvalue weighted by Crippen LogP contribution is 2.34. The van der Waals surface area contributed by atoms with E-state index in [4.69, 9.17) is 0 Å².